The molecule has 0 radical (unpaired) electrons. The highest BCUT2D eigenvalue weighted by atomic mass is 32.3. The Bertz CT molecular complexity index is 809. The highest BCUT2D eigenvalue weighted by molar-refractivity contribution is 8.23. The van der Waals surface area contributed by atoms with Crippen LogP contribution >= 0.6 is 11.0 Å². The molecule has 2 fully saturated rings. The molecule has 8 heteroatoms. The molecule has 1 aromatic carbocycles. The van der Waals surface area contributed by atoms with E-state index in [0.717, 1.165) is 23.2 Å². The Hall–Kier alpha value is -2.31. The van der Waals surface area contributed by atoms with Crippen LogP contribution in [0.3, 0.4) is 0 Å². The maximum absolute atomic E-state index is 10.9. The largest absolute Gasteiger partial charge is 0.309 e. The quantitative estimate of drug-likeness (QED) is 0.802. The molecule has 0 spiro atoms. The van der Waals surface area contributed by atoms with E-state index >= 15 is 0 Å². The van der Waals surface area contributed by atoms with Gasteiger partial charge >= 0.3 is 0 Å². The number of anilines is 1. The van der Waals surface area contributed by atoms with Gasteiger partial charge in [0.15, 0.2) is 6.19 Å². The van der Waals surface area contributed by atoms with E-state index in [0.29, 0.717) is 26.2 Å². The molecule has 2 aromatic rings. The average molecular weight is 371 g/mol. The monoisotopic (exact) mass is 371 g/mol. The number of benzene rings is 1. The van der Waals surface area contributed by atoms with Gasteiger partial charge in [0.2, 0.25) is 0 Å². The summed E-state index contributed by atoms with van der Waals surface area (Å²) in [7, 11) is -3.05. The lowest BCUT2D eigenvalue weighted by Crippen LogP contribution is -2.38. The third kappa shape index (κ3) is 2.99. The van der Waals surface area contributed by atoms with Crippen molar-refractivity contribution in [2.24, 2.45) is 0 Å². The van der Waals surface area contributed by atoms with Crippen LogP contribution in [-0.4, -0.2) is 55.5 Å². The van der Waals surface area contributed by atoms with Crippen LogP contribution in [0.5, 0.6) is 0 Å². The van der Waals surface area contributed by atoms with Crippen molar-refractivity contribution in [1.29, 1.82) is 5.26 Å². The van der Waals surface area contributed by atoms with Crippen LogP contribution in [0, 0.1) is 11.5 Å². The normalized spacial score (nSPS) is 23.8. The first-order valence-electron chi connectivity index (χ1n) is 8.57. The minimum absolute atomic E-state index is 0.000687. The number of rotatable bonds is 3. The van der Waals surface area contributed by atoms with Crippen molar-refractivity contribution >= 4 is 16.6 Å². The van der Waals surface area contributed by atoms with Crippen LogP contribution in [0.15, 0.2) is 48.8 Å². The third-order valence-electron chi connectivity index (χ3n) is 5.01. The molecule has 136 valence electrons. The molecule has 0 bridgehead atoms. The molecule has 2 N–H and O–H groups in total. The Balaban J connectivity index is 1.52. The van der Waals surface area contributed by atoms with Crippen molar-refractivity contribution in [1.82, 2.24) is 14.2 Å². The Labute approximate surface area is 154 Å². The first kappa shape index (κ1) is 17.1. The van der Waals surface area contributed by atoms with E-state index < -0.39 is 11.0 Å². The summed E-state index contributed by atoms with van der Waals surface area (Å²) >= 11 is 0. The molecule has 0 amide bonds. The smallest absolute Gasteiger partial charge is 0.179 e. The van der Waals surface area contributed by atoms with Gasteiger partial charge in [0.1, 0.15) is 0 Å². The molecule has 2 aliphatic heterocycles. The van der Waals surface area contributed by atoms with Gasteiger partial charge in [-0.25, -0.2) is 0 Å². The Kier molecular flexibility index (Phi) is 4.46. The Morgan fingerprint density at radius 3 is 2.35 bits per heavy atom. The van der Waals surface area contributed by atoms with E-state index in [2.05, 4.69) is 11.2 Å². The molecule has 2 saturated heterocycles. The highest BCUT2D eigenvalue weighted by Gasteiger charge is 2.43. The minimum Gasteiger partial charge on any atom is -0.309 e. The summed E-state index contributed by atoms with van der Waals surface area (Å²) in [6, 6.07) is 11.7. The summed E-state index contributed by atoms with van der Waals surface area (Å²) < 4.78 is 25.2. The van der Waals surface area contributed by atoms with E-state index in [-0.39, 0.29) is 6.04 Å². The van der Waals surface area contributed by atoms with Crippen LogP contribution in [0.4, 0.5) is 5.69 Å². The fourth-order valence-electron chi connectivity index (χ4n) is 3.65. The summed E-state index contributed by atoms with van der Waals surface area (Å²) in [6.45, 7) is 2.37. The molecule has 1 atom stereocenters. The van der Waals surface area contributed by atoms with Gasteiger partial charge in [-0.3, -0.25) is 18.4 Å². The van der Waals surface area contributed by atoms with E-state index in [1.807, 2.05) is 36.4 Å². The second kappa shape index (κ2) is 6.78. The van der Waals surface area contributed by atoms with E-state index in [1.165, 1.54) is 0 Å². The topological polar surface area (TPSA) is 86.9 Å². The highest BCUT2D eigenvalue weighted by Crippen LogP contribution is 2.55. The van der Waals surface area contributed by atoms with Crippen LogP contribution in [0.2, 0.25) is 0 Å². The van der Waals surface area contributed by atoms with Gasteiger partial charge in [0, 0.05) is 32.0 Å². The molecule has 2 aliphatic rings. The van der Waals surface area contributed by atoms with Crippen LogP contribution in [-0.2, 0) is 0 Å². The predicted octanol–water partition coefficient (Wildman–Crippen LogP) is 3.01. The van der Waals surface area contributed by atoms with Gasteiger partial charge in [0.05, 0.1) is 18.3 Å². The maximum Gasteiger partial charge on any atom is 0.179 e. The Morgan fingerprint density at radius 2 is 1.69 bits per heavy atom. The van der Waals surface area contributed by atoms with Crippen molar-refractivity contribution in [2.75, 3.05) is 30.5 Å². The number of aromatic nitrogens is 1. The van der Waals surface area contributed by atoms with Crippen molar-refractivity contribution in [3.8, 4) is 17.3 Å². The van der Waals surface area contributed by atoms with Crippen LogP contribution in [0.1, 0.15) is 6.42 Å². The predicted molar refractivity (Wildman–Crippen MR) is 102 cm³/mol. The molecule has 0 saturated carbocycles. The van der Waals surface area contributed by atoms with Crippen LogP contribution in [0.25, 0.3) is 11.1 Å². The van der Waals surface area contributed by atoms with Crippen molar-refractivity contribution in [2.45, 2.75) is 12.5 Å². The molecular formula is C18H21N5O2S. The van der Waals surface area contributed by atoms with Crippen molar-refractivity contribution < 1.29 is 9.11 Å². The lowest BCUT2D eigenvalue weighted by Gasteiger charge is -2.45. The first-order chi connectivity index (χ1) is 12.6. The van der Waals surface area contributed by atoms with Crippen LogP contribution < -0.4 is 4.31 Å². The van der Waals surface area contributed by atoms with Gasteiger partial charge in [-0.15, -0.1) is 0 Å². The lowest BCUT2D eigenvalue weighted by atomic mass is 10.1. The number of likely N-dealkylation sites (tertiary alicyclic amines) is 1. The first-order valence-corrected chi connectivity index (χ1v) is 10.0. The van der Waals surface area contributed by atoms with E-state index in [9.17, 15) is 9.11 Å². The number of nitrogens with zero attached hydrogens (tertiary/aromatic N) is 5. The molecule has 1 aromatic heterocycles. The zero-order chi connectivity index (χ0) is 18.1. The summed E-state index contributed by atoms with van der Waals surface area (Å²) in [4.78, 5) is 5.70. The van der Waals surface area contributed by atoms with E-state index in [4.69, 9.17) is 5.26 Å². The molecule has 26 heavy (non-hydrogen) atoms. The number of nitriles is 1. The van der Waals surface area contributed by atoms with Gasteiger partial charge < -0.3 is 4.90 Å². The maximum atomic E-state index is 10.9. The fourth-order valence-corrected chi connectivity index (χ4v) is 5.53. The zero-order valence-corrected chi connectivity index (χ0v) is 15.1. The SMILES string of the molecule is N#CN1CCC(N2CCN(c3ccc(-c4ccncc4)cc3)S2(O)O)C1. The summed E-state index contributed by atoms with van der Waals surface area (Å²) in [5.74, 6) is 0. The lowest BCUT2D eigenvalue weighted by molar-refractivity contribution is 0.310. The molecule has 0 aliphatic carbocycles. The van der Waals surface area contributed by atoms with Gasteiger partial charge in [-0.05, 0) is 41.8 Å². The molecule has 1 unspecified atom stereocenters. The molecule has 7 nitrogen and oxygen atoms in total. The number of hydrogen-bond donors (Lipinski definition) is 2. The minimum atomic E-state index is -3.05. The summed E-state index contributed by atoms with van der Waals surface area (Å²) in [5, 5.41) is 9.03. The van der Waals surface area contributed by atoms with Crippen molar-refractivity contribution in [3.05, 3.63) is 48.8 Å². The summed E-state index contributed by atoms with van der Waals surface area (Å²) in [5.41, 5.74) is 2.92. The molecule has 3 heterocycles. The fraction of sp³-hybridized carbons (Fsp3) is 0.333. The van der Waals surface area contributed by atoms with Gasteiger partial charge in [-0.1, -0.05) is 23.1 Å². The number of hydrogen-bond acceptors (Lipinski definition) is 7. The molecule has 4 rings (SSSR count). The Morgan fingerprint density at radius 1 is 1.00 bits per heavy atom. The number of pyridine rings is 1. The summed E-state index contributed by atoms with van der Waals surface area (Å²) in [6.07, 6.45) is 6.43. The second-order valence-electron chi connectivity index (χ2n) is 6.50. The standard InChI is InChI=1S/C18H21N5O2S/c19-14-21-10-7-18(13-21)23-12-11-22(26(23,24)25)17-3-1-15(2-4-17)16-5-8-20-9-6-16/h1-6,8-9,18,24-25H,7,10-13H2. The van der Waals surface area contributed by atoms with E-state index in [1.54, 1.807) is 25.9 Å². The molecular weight excluding hydrogens is 350 g/mol. The second-order valence-corrected chi connectivity index (χ2v) is 8.39. The zero-order valence-electron chi connectivity index (χ0n) is 14.3. The average Bonchev–Trinajstić information content (AvgIpc) is 3.26. The van der Waals surface area contributed by atoms with Gasteiger partial charge in [0.25, 0.3) is 0 Å². The van der Waals surface area contributed by atoms with Gasteiger partial charge in [-0.2, -0.15) is 9.57 Å². The van der Waals surface area contributed by atoms with Crippen molar-refractivity contribution in [3.63, 3.8) is 0 Å². The third-order valence-corrected chi connectivity index (χ3v) is 7.11.